The van der Waals surface area contributed by atoms with Crippen molar-refractivity contribution in [3.05, 3.63) is 142 Å². The van der Waals surface area contributed by atoms with Gasteiger partial charge in [-0.05, 0) is 83.9 Å². The van der Waals surface area contributed by atoms with Crippen molar-refractivity contribution in [2.75, 3.05) is 0 Å². The normalized spacial score (nSPS) is 12.0. The maximum Gasteiger partial charge on any atom is 0.416 e. The summed E-state index contributed by atoms with van der Waals surface area (Å²) in [6, 6.07) is 23.7. The van der Waals surface area contributed by atoms with Crippen LogP contribution in [0.25, 0.3) is 0 Å². The van der Waals surface area contributed by atoms with Crippen LogP contribution in [0.4, 0.5) is 26.3 Å². The summed E-state index contributed by atoms with van der Waals surface area (Å²) < 4.78 is 76.2. The number of hydrogen-bond donors (Lipinski definition) is 1. The van der Waals surface area contributed by atoms with Crippen molar-refractivity contribution in [2.45, 2.75) is 17.6 Å². The van der Waals surface area contributed by atoms with E-state index in [-0.39, 0.29) is 5.25 Å². The average molecular weight is 581 g/mol. The second-order valence-electron chi connectivity index (χ2n) is 8.62. The van der Waals surface area contributed by atoms with E-state index >= 15 is 0 Å². The zero-order valence-corrected chi connectivity index (χ0v) is 22.1. The molecule has 4 aromatic carbocycles. The van der Waals surface area contributed by atoms with E-state index in [2.05, 4.69) is 36.3 Å². The van der Waals surface area contributed by atoms with Crippen LogP contribution in [-0.4, -0.2) is 4.86 Å². The Labute approximate surface area is 238 Å². The van der Waals surface area contributed by atoms with Gasteiger partial charge in [0.05, 0.1) is 16.4 Å². The quantitative estimate of drug-likeness (QED) is 0.0830. The largest absolute Gasteiger partial charge is 0.416 e. The Hall–Kier alpha value is -3.98. The first kappa shape index (κ1) is 29.0. The molecular weight excluding hydrogens is 562 g/mol. The van der Waals surface area contributed by atoms with E-state index in [1.54, 1.807) is 24.3 Å². The third-order valence-corrected chi connectivity index (χ3v) is 6.97. The highest BCUT2D eigenvalue weighted by atomic mass is 32.1. The van der Waals surface area contributed by atoms with Gasteiger partial charge in [0.2, 0.25) is 0 Å². The Bertz CT molecular complexity index is 1610. The lowest BCUT2D eigenvalue weighted by Crippen LogP contribution is -2.06. The number of halogens is 6. The standard InChI is InChI=1S/C32H18F6S2/c33-31(34,35)27-17-9-23(10-18-27)3-1-21-5-13-25(14-6-21)29(39)30(40)26-15-7-22(8-16-26)2-4-24-11-19-28(20-12-24)32(36,37)38/h5-20,29,39H. The van der Waals surface area contributed by atoms with Crippen molar-refractivity contribution in [3.8, 4) is 23.7 Å². The lowest BCUT2D eigenvalue weighted by Gasteiger charge is -2.13. The molecule has 0 amide bonds. The average Bonchev–Trinajstić information content (AvgIpc) is 2.94. The maximum atomic E-state index is 12.7. The van der Waals surface area contributed by atoms with Gasteiger partial charge in [0.1, 0.15) is 0 Å². The molecule has 4 rings (SSSR count). The van der Waals surface area contributed by atoms with Crippen molar-refractivity contribution >= 4 is 29.7 Å². The van der Waals surface area contributed by atoms with Gasteiger partial charge in [-0.1, -0.05) is 60.2 Å². The predicted octanol–water partition coefficient (Wildman–Crippen LogP) is 8.91. The minimum atomic E-state index is -4.39. The first-order valence-electron chi connectivity index (χ1n) is 11.7. The molecule has 0 aromatic heterocycles. The molecule has 4 aromatic rings. The smallest absolute Gasteiger partial charge is 0.166 e. The first-order valence-corrected chi connectivity index (χ1v) is 12.6. The highest BCUT2D eigenvalue weighted by Gasteiger charge is 2.30. The Morgan fingerprint density at radius 3 is 1.15 bits per heavy atom. The fourth-order valence-corrected chi connectivity index (χ4v) is 4.14. The third-order valence-electron chi connectivity index (χ3n) is 5.77. The Kier molecular flexibility index (Phi) is 8.73. The molecular formula is C32H18F6S2. The van der Waals surface area contributed by atoms with E-state index in [1.807, 2.05) is 24.3 Å². The van der Waals surface area contributed by atoms with Crippen LogP contribution < -0.4 is 0 Å². The summed E-state index contributed by atoms with van der Waals surface area (Å²) >= 11 is 10.3. The van der Waals surface area contributed by atoms with E-state index in [1.165, 1.54) is 24.3 Å². The summed E-state index contributed by atoms with van der Waals surface area (Å²) in [6.07, 6.45) is -8.78. The van der Waals surface area contributed by atoms with E-state index in [9.17, 15) is 26.3 Å². The van der Waals surface area contributed by atoms with Gasteiger partial charge in [0.15, 0.2) is 0 Å². The number of alkyl halides is 6. The van der Waals surface area contributed by atoms with Crippen molar-refractivity contribution < 1.29 is 26.3 Å². The molecule has 40 heavy (non-hydrogen) atoms. The molecule has 8 heteroatoms. The Morgan fingerprint density at radius 2 is 0.825 bits per heavy atom. The number of thiocarbonyl (C=S) groups is 1. The van der Waals surface area contributed by atoms with E-state index < -0.39 is 23.5 Å². The zero-order valence-electron chi connectivity index (χ0n) is 20.4. The Balaban J connectivity index is 1.39. The monoisotopic (exact) mass is 580 g/mol. The predicted molar refractivity (Wildman–Crippen MR) is 151 cm³/mol. The van der Waals surface area contributed by atoms with Gasteiger partial charge < -0.3 is 0 Å². The summed E-state index contributed by atoms with van der Waals surface area (Å²) in [6.45, 7) is 0. The molecule has 0 aliphatic rings. The summed E-state index contributed by atoms with van der Waals surface area (Å²) in [7, 11) is 0. The topological polar surface area (TPSA) is 0 Å². The zero-order chi connectivity index (χ0) is 28.9. The second kappa shape index (κ2) is 12.0. The van der Waals surface area contributed by atoms with Crippen molar-refractivity contribution in [1.82, 2.24) is 0 Å². The van der Waals surface area contributed by atoms with Gasteiger partial charge in [0.25, 0.3) is 0 Å². The molecule has 0 radical (unpaired) electrons. The SMILES string of the molecule is FC(F)(F)c1ccc(C#Cc2ccc(C(=S)C(S)c3ccc(C#Cc4ccc(C(F)(F)F)cc4)cc3)cc2)cc1. The van der Waals surface area contributed by atoms with Gasteiger partial charge in [-0.3, -0.25) is 0 Å². The summed E-state index contributed by atoms with van der Waals surface area (Å²) in [4.78, 5) is 0.592. The van der Waals surface area contributed by atoms with Crippen LogP contribution in [0.2, 0.25) is 0 Å². The van der Waals surface area contributed by atoms with Crippen LogP contribution in [-0.2, 0) is 12.4 Å². The van der Waals surface area contributed by atoms with Gasteiger partial charge in [-0.25, -0.2) is 0 Å². The molecule has 200 valence electrons. The number of benzene rings is 4. The maximum absolute atomic E-state index is 12.7. The van der Waals surface area contributed by atoms with Gasteiger partial charge in [-0.15, -0.1) is 0 Å². The lowest BCUT2D eigenvalue weighted by atomic mass is 10.0. The molecule has 0 N–H and O–H groups in total. The number of thiol groups is 1. The third kappa shape index (κ3) is 7.57. The van der Waals surface area contributed by atoms with Crippen LogP contribution >= 0.6 is 24.8 Å². The van der Waals surface area contributed by atoms with E-state index in [0.717, 1.165) is 35.4 Å². The second-order valence-corrected chi connectivity index (χ2v) is 9.57. The minimum absolute atomic E-state index is 0.379. The van der Waals surface area contributed by atoms with Gasteiger partial charge in [0, 0.05) is 27.1 Å². The first-order chi connectivity index (χ1) is 18.9. The fraction of sp³-hybridized carbons (Fsp3) is 0.0938. The van der Waals surface area contributed by atoms with Gasteiger partial charge >= 0.3 is 12.4 Å². The number of rotatable bonds is 3. The molecule has 0 aliphatic carbocycles. The van der Waals surface area contributed by atoms with Crippen LogP contribution in [0.5, 0.6) is 0 Å². The van der Waals surface area contributed by atoms with Crippen LogP contribution in [0.15, 0.2) is 97.1 Å². The molecule has 0 spiro atoms. The molecule has 0 heterocycles. The van der Waals surface area contributed by atoms with E-state index in [0.29, 0.717) is 27.1 Å². The summed E-state index contributed by atoms with van der Waals surface area (Å²) in [5.74, 6) is 11.6. The van der Waals surface area contributed by atoms with Gasteiger partial charge in [-0.2, -0.15) is 39.0 Å². The van der Waals surface area contributed by atoms with Crippen molar-refractivity contribution in [2.24, 2.45) is 0 Å². The fourth-order valence-electron chi connectivity index (χ4n) is 3.55. The molecule has 0 nitrogen and oxygen atoms in total. The van der Waals surface area contributed by atoms with Crippen LogP contribution in [0.3, 0.4) is 0 Å². The number of hydrogen-bond acceptors (Lipinski definition) is 2. The molecule has 1 unspecified atom stereocenters. The molecule has 0 fully saturated rings. The van der Waals surface area contributed by atoms with Crippen LogP contribution in [0, 0.1) is 23.7 Å². The lowest BCUT2D eigenvalue weighted by molar-refractivity contribution is -0.138. The van der Waals surface area contributed by atoms with E-state index in [4.69, 9.17) is 12.2 Å². The molecule has 0 aliphatic heterocycles. The van der Waals surface area contributed by atoms with Crippen molar-refractivity contribution in [3.63, 3.8) is 0 Å². The minimum Gasteiger partial charge on any atom is -0.166 e. The summed E-state index contributed by atoms with van der Waals surface area (Å²) in [5.41, 5.74) is 2.48. The highest BCUT2D eigenvalue weighted by Crippen LogP contribution is 2.30. The highest BCUT2D eigenvalue weighted by molar-refractivity contribution is 7.86. The summed E-state index contributed by atoms with van der Waals surface area (Å²) in [5, 5.41) is -0.379. The Morgan fingerprint density at radius 1 is 0.525 bits per heavy atom. The molecule has 1 atom stereocenters. The van der Waals surface area contributed by atoms with Crippen molar-refractivity contribution in [1.29, 1.82) is 0 Å². The molecule has 0 saturated heterocycles. The molecule has 0 saturated carbocycles. The molecule has 0 bridgehead atoms. The van der Waals surface area contributed by atoms with Crippen LogP contribution in [0.1, 0.15) is 49.8 Å².